The van der Waals surface area contributed by atoms with Crippen LogP contribution in [0, 0.1) is 5.92 Å². The molecule has 0 aliphatic heterocycles. The van der Waals surface area contributed by atoms with Gasteiger partial charge in [-0.15, -0.1) is 0 Å². The van der Waals surface area contributed by atoms with Gasteiger partial charge in [0.25, 0.3) is 5.56 Å². The summed E-state index contributed by atoms with van der Waals surface area (Å²) < 4.78 is 2.53. The first-order chi connectivity index (χ1) is 9.04. The summed E-state index contributed by atoms with van der Waals surface area (Å²) in [5.41, 5.74) is 0.00480. The molecular weight excluding hydrogens is 246 g/mol. The number of hydrogen-bond donors (Lipinski definition) is 2. The van der Waals surface area contributed by atoms with Crippen LogP contribution in [0.1, 0.15) is 24.8 Å². The highest BCUT2D eigenvalue weighted by Crippen LogP contribution is 2.25. The van der Waals surface area contributed by atoms with Gasteiger partial charge in [0.15, 0.2) is 0 Å². The minimum Gasteiger partial charge on any atom is -0.396 e. The second kappa shape index (κ2) is 5.71. The van der Waals surface area contributed by atoms with E-state index < -0.39 is 0 Å². The molecule has 1 heterocycles. The molecule has 0 saturated heterocycles. The lowest BCUT2D eigenvalue weighted by Crippen LogP contribution is -2.41. The molecule has 0 bridgehead atoms. The van der Waals surface area contributed by atoms with Gasteiger partial charge in [-0.1, -0.05) is 6.42 Å². The number of nitrogens with zero attached hydrogens (tertiary/aromatic N) is 2. The Hall–Kier alpha value is -1.40. The van der Waals surface area contributed by atoms with Crippen molar-refractivity contribution in [3.63, 3.8) is 0 Å². The molecule has 1 fully saturated rings. The van der Waals surface area contributed by atoms with Crippen molar-refractivity contribution in [1.29, 1.82) is 0 Å². The van der Waals surface area contributed by atoms with Crippen LogP contribution in [-0.2, 0) is 20.6 Å². The van der Waals surface area contributed by atoms with E-state index in [2.05, 4.69) is 5.32 Å². The van der Waals surface area contributed by atoms with Gasteiger partial charge in [0.1, 0.15) is 0 Å². The third kappa shape index (κ3) is 2.79. The minimum atomic E-state index is -0.317. The molecule has 0 aromatic carbocycles. The van der Waals surface area contributed by atoms with E-state index in [9.17, 15) is 14.7 Å². The van der Waals surface area contributed by atoms with Crippen molar-refractivity contribution >= 4 is 0 Å². The van der Waals surface area contributed by atoms with E-state index in [0.29, 0.717) is 12.1 Å². The summed E-state index contributed by atoms with van der Waals surface area (Å²) >= 11 is 0. The summed E-state index contributed by atoms with van der Waals surface area (Å²) in [6.45, 7) is 0.616. The van der Waals surface area contributed by atoms with E-state index in [1.807, 2.05) is 0 Å². The molecule has 1 aliphatic carbocycles. The van der Waals surface area contributed by atoms with Crippen molar-refractivity contribution < 1.29 is 5.11 Å². The van der Waals surface area contributed by atoms with E-state index in [1.165, 1.54) is 11.6 Å². The minimum absolute atomic E-state index is 0.183. The number of rotatable bonds is 4. The maximum absolute atomic E-state index is 12.0. The number of nitrogens with one attached hydrogen (secondary N) is 1. The van der Waals surface area contributed by atoms with Crippen LogP contribution < -0.4 is 16.6 Å². The van der Waals surface area contributed by atoms with Crippen LogP contribution in [0.5, 0.6) is 0 Å². The van der Waals surface area contributed by atoms with Crippen molar-refractivity contribution in [1.82, 2.24) is 14.5 Å². The Morgan fingerprint density at radius 1 is 1.37 bits per heavy atom. The quantitative estimate of drug-likeness (QED) is 0.759. The number of aliphatic hydroxyl groups is 1. The predicted octanol–water partition coefficient (Wildman–Crippen LogP) is -0.665. The van der Waals surface area contributed by atoms with Gasteiger partial charge >= 0.3 is 5.69 Å². The van der Waals surface area contributed by atoms with Crippen molar-refractivity contribution in [2.45, 2.75) is 31.8 Å². The zero-order chi connectivity index (χ0) is 14.0. The molecule has 1 aliphatic rings. The van der Waals surface area contributed by atoms with Crippen molar-refractivity contribution in [2.24, 2.45) is 20.0 Å². The van der Waals surface area contributed by atoms with Gasteiger partial charge in [0.2, 0.25) is 0 Å². The van der Waals surface area contributed by atoms with Crippen LogP contribution >= 0.6 is 0 Å². The number of aryl methyl sites for hydroxylation is 1. The number of hydrogen-bond acceptors (Lipinski definition) is 4. The molecular formula is C13H21N3O3. The van der Waals surface area contributed by atoms with Crippen LogP contribution in [0.15, 0.2) is 15.8 Å². The zero-order valence-corrected chi connectivity index (χ0v) is 11.4. The highest BCUT2D eigenvalue weighted by Gasteiger charge is 2.26. The highest BCUT2D eigenvalue weighted by atomic mass is 16.3. The van der Waals surface area contributed by atoms with Crippen LogP contribution in [0.4, 0.5) is 0 Å². The standard InChI is InChI=1S/C13H21N3O3/c1-15-7-10(12(18)16(2)13(15)19)6-14-11-5-3-4-9(11)8-17/h7,9,11,14,17H,3-6,8H2,1-2H3. The van der Waals surface area contributed by atoms with E-state index in [4.69, 9.17) is 0 Å². The lowest BCUT2D eigenvalue weighted by atomic mass is 10.1. The molecule has 0 radical (unpaired) electrons. The van der Waals surface area contributed by atoms with E-state index in [1.54, 1.807) is 13.2 Å². The molecule has 2 rings (SSSR count). The van der Waals surface area contributed by atoms with Gasteiger partial charge in [0, 0.05) is 45.0 Å². The normalized spacial score (nSPS) is 22.9. The third-order valence-corrected chi connectivity index (χ3v) is 3.97. The summed E-state index contributed by atoms with van der Waals surface area (Å²) in [5, 5.41) is 12.6. The summed E-state index contributed by atoms with van der Waals surface area (Å²) in [6.07, 6.45) is 4.74. The molecule has 0 amide bonds. The van der Waals surface area contributed by atoms with Crippen LogP contribution in [0.3, 0.4) is 0 Å². The molecule has 19 heavy (non-hydrogen) atoms. The first-order valence-electron chi connectivity index (χ1n) is 6.64. The van der Waals surface area contributed by atoms with Crippen molar-refractivity contribution in [3.05, 3.63) is 32.6 Å². The van der Waals surface area contributed by atoms with E-state index >= 15 is 0 Å². The lowest BCUT2D eigenvalue weighted by molar-refractivity contribution is 0.205. The summed E-state index contributed by atoms with van der Waals surface area (Å²) in [6, 6.07) is 0.256. The molecule has 0 spiro atoms. The first kappa shape index (κ1) is 14.0. The molecule has 6 heteroatoms. The predicted molar refractivity (Wildman–Crippen MR) is 72.0 cm³/mol. The Morgan fingerprint density at radius 2 is 2.11 bits per heavy atom. The Morgan fingerprint density at radius 3 is 2.79 bits per heavy atom. The maximum Gasteiger partial charge on any atom is 0.330 e. The zero-order valence-electron chi connectivity index (χ0n) is 11.4. The second-order valence-electron chi connectivity index (χ2n) is 5.27. The molecule has 2 N–H and O–H groups in total. The molecule has 1 aromatic heterocycles. The molecule has 2 atom stereocenters. The van der Waals surface area contributed by atoms with E-state index in [0.717, 1.165) is 23.8 Å². The second-order valence-corrected chi connectivity index (χ2v) is 5.27. The maximum atomic E-state index is 12.0. The summed E-state index contributed by atoms with van der Waals surface area (Å²) in [4.78, 5) is 23.5. The van der Waals surface area contributed by atoms with Gasteiger partial charge in [-0.2, -0.15) is 0 Å². The fourth-order valence-electron chi connectivity index (χ4n) is 2.77. The van der Waals surface area contributed by atoms with Gasteiger partial charge in [0.05, 0.1) is 0 Å². The number of aliphatic hydroxyl groups excluding tert-OH is 1. The highest BCUT2D eigenvalue weighted by molar-refractivity contribution is 5.05. The average Bonchev–Trinajstić information content (AvgIpc) is 2.86. The Bertz CT molecular complexity index is 561. The number of aromatic nitrogens is 2. The van der Waals surface area contributed by atoms with Crippen molar-refractivity contribution in [3.8, 4) is 0 Å². The van der Waals surface area contributed by atoms with Crippen LogP contribution in [-0.4, -0.2) is 26.9 Å². The van der Waals surface area contributed by atoms with Gasteiger partial charge in [-0.3, -0.25) is 9.36 Å². The Kier molecular flexibility index (Phi) is 4.21. The Labute approximate surface area is 111 Å². The molecule has 1 saturated carbocycles. The SMILES string of the molecule is Cn1cc(CNC2CCCC2CO)c(=O)n(C)c1=O. The van der Waals surface area contributed by atoms with E-state index in [-0.39, 0.29) is 29.8 Å². The summed E-state index contributed by atoms with van der Waals surface area (Å²) in [7, 11) is 3.12. The average molecular weight is 267 g/mol. The monoisotopic (exact) mass is 267 g/mol. The molecule has 6 nitrogen and oxygen atoms in total. The molecule has 106 valence electrons. The Balaban J connectivity index is 2.12. The van der Waals surface area contributed by atoms with Crippen LogP contribution in [0.2, 0.25) is 0 Å². The topological polar surface area (TPSA) is 76.3 Å². The fraction of sp³-hybridized carbons (Fsp3) is 0.692. The van der Waals surface area contributed by atoms with Crippen LogP contribution in [0.25, 0.3) is 0 Å². The molecule has 2 unspecified atom stereocenters. The fourth-order valence-corrected chi connectivity index (χ4v) is 2.77. The smallest absolute Gasteiger partial charge is 0.330 e. The third-order valence-electron chi connectivity index (χ3n) is 3.97. The first-order valence-corrected chi connectivity index (χ1v) is 6.64. The van der Waals surface area contributed by atoms with Crippen molar-refractivity contribution in [2.75, 3.05) is 6.61 Å². The van der Waals surface area contributed by atoms with Gasteiger partial charge in [-0.25, -0.2) is 4.79 Å². The van der Waals surface area contributed by atoms with Gasteiger partial charge in [-0.05, 0) is 18.8 Å². The largest absolute Gasteiger partial charge is 0.396 e. The molecule has 1 aromatic rings. The lowest BCUT2D eigenvalue weighted by Gasteiger charge is -2.19. The summed E-state index contributed by atoms with van der Waals surface area (Å²) in [5.74, 6) is 0.274. The van der Waals surface area contributed by atoms with Gasteiger partial charge < -0.3 is 15.0 Å².